The normalized spacial score (nSPS) is 11.0. The van der Waals surface area contributed by atoms with E-state index >= 15 is 0 Å². The molecule has 0 aliphatic heterocycles. The zero-order valence-electron chi connectivity index (χ0n) is 13.4. The second-order valence-corrected chi connectivity index (χ2v) is 6.48. The van der Waals surface area contributed by atoms with Gasteiger partial charge in [0.1, 0.15) is 5.65 Å². The van der Waals surface area contributed by atoms with Gasteiger partial charge in [-0.3, -0.25) is 9.20 Å². The van der Waals surface area contributed by atoms with Crippen molar-refractivity contribution in [2.24, 2.45) is 0 Å². The van der Waals surface area contributed by atoms with Gasteiger partial charge in [-0.2, -0.15) is 5.10 Å². The molecule has 0 radical (unpaired) electrons. The van der Waals surface area contributed by atoms with Crippen LogP contribution in [0.3, 0.4) is 0 Å². The van der Waals surface area contributed by atoms with E-state index in [4.69, 9.17) is 23.2 Å². The van der Waals surface area contributed by atoms with Crippen LogP contribution in [-0.4, -0.2) is 19.2 Å². The Kier molecular flexibility index (Phi) is 4.36. The molecule has 8 heteroatoms. The molecule has 0 amide bonds. The van der Waals surface area contributed by atoms with Gasteiger partial charge in [-0.15, -0.1) is 0 Å². The molecule has 0 fully saturated rings. The number of benzene rings is 1. The number of hydrogen-bond acceptors (Lipinski definition) is 4. The van der Waals surface area contributed by atoms with Gasteiger partial charge in [-0.1, -0.05) is 23.2 Å². The Hall–Kier alpha value is -2.83. The van der Waals surface area contributed by atoms with Crippen LogP contribution in [0.25, 0.3) is 11.3 Å². The molecule has 0 atom stereocenters. The minimum atomic E-state index is -0.179. The molecule has 3 heterocycles. The maximum absolute atomic E-state index is 12.2. The number of aromatic nitrogens is 4. The average molecular weight is 386 g/mol. The lowest BCUT2D eigenvalue weighted by molar-refractivity contribution is 0.880. The molecular weight excluding hydrogens is 373 g/mol. The Morgan fingerprint density at radius 3 is 2.77 bits per heavy atom. The first-order valence-electron chi connectivity index (χ1n) is 7.81. The highest BCUT2D eigenvalue weighted by molar-refractivity contribution is 6.32. The van der Waals surface area contributed by atoms with E-state index in [1.807, 2.05) is 30.5 Å². The Labute approximate surface area is 158 Å². The van der Waals surface area contributed by atoms with Gasteiger partial charge in [-0.25, -0.2) is 9.67 Å². The Morgan fingerprint density at radius 1 is 1.12 bits per heavy atom. The number of hydrogen-bond donors (Lipinski definition) is 1. The van der Waals surface area contributed by atoms with Crippen LogP contribution in [-0.2, 0) is 6.54 Å². The van der Waals surface area contributed by atoms with Crippen molar-refractivity contribution in [3.8, 4) is 5.69 Å². The van der Waals surface area contributed by atoms with Crippen molar-refractivity contribution in [2.45, 2.75) is 6.54 Å². The highest BCUT2D eigenvalue weighted by Crippen LogP contribution is 2.24. The van der Waals surface area contributed by atoms with Gasteiger partial charge in [0, 0.05) is 30.3 Å². The smallest absolute Gasteiger partial charge is 0.258 e. The fourth-order valence-corrected chi connectivity index (χ4v) is 3.05. The van der Waals surface area contributed by atoms with Crippen molar-refractivity contribution in [3.63, 3.8) is 0 Å². The molecule has 4 rings (SSSR count). The molecule has 26 heavy (non-hydrogen) atoms. The third-order valence-electron chi connectivity index (χ3n) is 3.85. The number of halogens is 2. The van der Waals surface area contributed by atoms with Gasteiger partial charge in [0.25, 0.3) is 5.56 Å². The van der Waals surface area contributed by atoms with Crippen molar-refractivity contribution in [2.75, 3.05) is 5.32 Å². The third-order valence-corrected chi connectivity index (χ3v) is 4.38. The van der Waals surface area contributed by atoms with Gasteiger partial charge in [0.15, 0.2) is 0 Å². The summed E-state index contributed by atoms with van der Waals surface area (Å²) in [6, 6.07) is 12.3. The third kappa shape index (κ3) is 3.29. The van der Waals surface area contributed by atoms with Crippen LogP contribution in [0.4, 0.5) is 5.69 Å². The van der Waals surface area contributed by atoms with Crippen LogP contribution in [0, 0.1) is 0 Å². The van der Waals surface area contributed by atoms with Crippen LogP contribution in [0.15, 0.2) is 65.8 Å². The van der Waals surface area contributed by atoms with E-state index in [0.29, 0.717) is 27.9 Å². The van der Waals surface area contributed by atoms with Crippen LogP contribution >= 0.6 is 23.2 Å². The Morgan fingerprint density at radius 2 is 2.00 bits per heavy atom. The lowest BCUT2D eigenvalue weighted by Gasteiger charge is -2.10. The monoisotopic (exact) mass is 385 g/mol. The number of fused-ring (bicyclic) bond motifs is 1. The van der Waals surface area contributed by atoms with Crippen LogP contribution in [0.5, 0.6) is 0 Å². The molecule has 6 nitrogen and oxygen atoms in total. The minimum absolute atomic E-state index is 0.179. The lowest BCUT2D eigenvalue weighted by Crippen LogP contribution is -2.16. The maximum Gasteiger partial charge on any atom is 0.258 e. The van der Waals surface area contributed by atoms with E-state index in [-0.39, 0.29) is 5.56 Å². The lowest BCUT2D eigenvalue weighted by atomic mass is 10.2. The quantitative estimate of drug-likeness (QED) is 0.580. The van der Waals surface area contributed by atoms with Gasteiger partial charge >= 0.3 is 0 Å². The van der Waals surface area contributed by atoms with E-state index in [1.54, 1.807) is 29.2 Å². The van der Waals surface area contributed by atoms with Gasteiger partial charge < -0.3 is 5.32 Å². The minimum Gasteiger partial charge on any atom is -0.379 e. The standard InChI is InChI=1S/C18H13Cl2N5O/c19-12-2-5-17-23-14(9-18(26)24(17)11-12)10-21-13-3-4-16(15(20)8-13)25-7-1-6-22-25/h1-9,11,21H,10H2. The number of anilines is 1. The summed E-state index contributed by atoms with van der Waals surface area (Å²) in [5.74, 6) is 0. The molecule has 4 aromatic rings. The summed E-state index contributed by atoms with van der Waals surface area (Å²) in [6.07, 6.45) is 5.07. The predicted octanol–water partition coefficient (Wildman–Crippen LogP) is 3.80. The Balaban J connectivity index is 1.56. The molecule has 1 aromatic carbocycles. The van der Waals surface area contributed by atoms with Crippen molar-refractivity contribution in [1.29, 1.82) is 0 Å². The fraction of sp³-hybridized carbons (Fsp3) is 0.0556. The van der Waals surface area contributed by atoms with E-state index in [0.717, 1.165) is 11.4 Å². The van der Waals surface area contributed by atoms with Gasteiger partial charge in [-0.05, 0) is 36.4 Å². The van der Waals surface area contributed by atoms with Crippen LogP contribution < -0.4 is 10.9 Å². The largest absolute Gasteiger partial charge is 0.379 e. The molecule has 0 bridgehead atoms. The molecule has 0 aliphatic rings. The van der Waals surface area contributed by atoms with Crippen molar-refractivity contribution < 1.29 is 0 Å². The van der Waals surface area contributed by atoms with Crippen LogP contribution in [0.2, 0.25) is 10.0 Å². The summed E-state index contributed by atoms with van der Waals surface area (Å²) >= 11 is 12.3. The van der Waals surface area contributed by atoms with E-state index in [9.17, 15) is 4.79 Å². The average Bonchev–Trinajstić information content (AvgIpc) is 3.15. The van der Waals surface area contributed by atoms with Gasteiger partial charge in [0.2, 0.25) is 0 Å². The number of pyridine rings is 1. The summed E-state index contributed by atoms with van der Waals surface area (Å²) in [4.78, 5) is 16.7. The van der Waals surface area contributed by atoms with Crippen molar-refractivity contribution in [1.82, 2.24) is 19.2 Å². The highest BCUT2D eigenvalue weighted by atomic mass is 35.5. The second-order valence-electron chi connectivity index (χ2n) is 5.63. The highest BCUT2D eigenvalue weighted by Gasteiger charge is 2.06. The van der Waals surface area contributed by atoms with Crippen molar-refractivity contribution >= 4 is 34.5 Å². The maximum atomic E-state index is 12.2. The van der Waals surface area contributed by atoms with Gasteiger partial charge in [0.05, 0.1) is 28.0 Å². The van der Waals surface area contributed by atoms with E-state index in [2.05, 4.69) is 15.4 Å². The first-order chi connectivity index (χ1) is 12.6. The summed E-state index contributed by atoms with van der Waals surface area (Å²) in [6.45, 7) is 0.395. The summed E-state index contributed by atoms with van der Waals surface area (Å²) in [5.41, 5.74) is 2.61. The Bertz CT molecular complexity index is 1140. The molecule has 130 valence electrons. The molecule has 0 spiro atoms. The second kappa shape index (κ2) is 6.82. The van der Waals surface area contributed by atoms with Crippen molar-refractivity contribution in [3.05, 3.63) is 87.1 Å². The summed E-state index contributed by atoms with van der Waals surface area (Å²) in [5, 5.41) is 8.45. The molecule has 1 N–H and O–H groups in total. The van der Waals surface area contributed by atoms with E-state index in [1.165, 1.54) is 10.5 Å². The fourth-order valence-electron chi connectivity index (χ4n) is 2.62. The zero-order valence-corrected chi connectivity index (χ0v) is 14.9. The molecule has 0 saturated heterocycles. The SMILES string of the molecule is O=c1cc(CNc2ccc(-n3cccn3)c(Cl)c2)nc2ccc(Cl)cn12. The first kappa shape index (κ1) is 16.6. The molecule has 0 saturated carbocycles. The molecule has 3 aromatic heterocycles. The first-order valence-corrected chi connectivity index (χ1v) is 8.57. The molecule has 0 aliphatic carbocycles. The molecule has 0 unspecified atom stereocenters. The number of nitrogens with zero attached hydrogens (tertiary/aromatic N) is 4. The number of nitrogens with one attached hydrogen (secondary N) is 1. The molecular formula is C18H13Cl2N5O. The predicted molar refractivity (Wildman–Crippen MR) is 102 cm³/mol. The van der Waals surface area contributed by atoms with E-state index < -0.39 is 0 Å². The summed E-state index contributed by atoms with van der Waals surface area (Å²) < 4.78 is 3.12. The van der Waals surface area contributed by atoms with Crippen LogP contribution in [0.1, 0.15) is 5.69 Å². The zero-order chi connectivity index (χ0) is 18.1. The topological polar surface area (TPSA) is 64.2 Å². The summed E-state index contributed by atoms with van der Waals surface area (Å²) in [7, 11) is 0. The number of rotatable bonds is 4.